The van der Waals surface area contributed by atoms with Crippen LogP contribution in [0.1, 0.15) is 49.9 Å². The molecule has 21 heavy (non-hydrogen) atoms. The average Bonchev–Trinajstić information content (AvgIpc) is 2.86. The molecule has 2 N–H and O–H groups in total. The molecule has 0 radical (unpaired) electrons. The first-order valence-electron chi connectivity index (χ1n) is 7.48. The SMILES string of the molecule is Cc1ccc(Br)cc1-c1nc(C2(N)CCCCCC2)no1. The van der Waals surface area contributed by atoms with Gasteiger partial charge >= 0.3 is 0 Å². The second-order valence-corrected chi connectivity index (χ2v) is 6.87. The molecular formula is C16H20BrN3O. The Hall–Kier alpha value is -1.20. The van der Waals surface area contributed by atoms with Crippen LogP contribution in [-0.4, -0.2) is 10.1 Å². The molecule has 0 bridgehead atoms. The minimum absolute atomic E-state index is 0.432. The second-order valence-electron chi connectivity index (χ2n) is 5.95. The molecular weight excluding hydrogens is 330 g/mol. The molecule has 4 nitrogen and oxygen atoms in total. The van der Waals surface area contributed by atoms with Crippen molar-refractivity contribution in [2.75, 3.05) is 0 Å². The van der Waals surface area contributed by atoms with E-state index in [4.69, 9.17) is 10.3 Å². The van der Waals surface area contributed by atoms with Crippen LogP contribution in [0.15, 0.2) is 27.2 Å². The van der Waals surface area contributed by atoms with Crippen LogP contribution in [0.2, 0.25) is 0 Å². The topological polar surface area (TPSA) is 64.9 Å². The van der Waals surface area contributed by atoms with E-state index in [1.54, 1.807) is 0 Å². The first-order valence-corrected chi connectivity index (χ1v) is 8.27. The van der Waals surface area contributed by atoms with E-state index < -0.39 is 5.54 Å². The molecule has 0 spiro atoms. The largest absolute Gasteiger partial charge is 0.334 e. The molecule has 0 saturated heterocycles. The number of nitrogens with zero attached hydrogens (tertiary/aromatic N) is 2. The molecule has 1 aliphatic carbocycles. The smallest absolute Gasteiger partial charge is 0.258 e. The third-order valence-corrected chi connectivity index (χ3v) is 4.79. The van der Waals surface area contributed by atoms with E-state index in [0.29, 0.717) is 11.7 Å². The van der Waals surface area contributed by atoms with Crippen molar-refractivity contribution in [3.05, 3.63) is 34.1 Å². The maximum absolute atomic E-state index is 6.55. The van der Waals surface area contributed by atoms with Gasteiger partial charge in [0.25, 0.3) is 5.89 Å². The van der Waals surface area contributed by atoms with Gasteiger partial charge in [-0.25, -0.2) is 0 Å². The monoisotopic (exact) mass is 349 g/mol. The number of benzene rings is 1. The van der Waals surface area contributed by atoms with Crippen molar-refractivity contribution in [3.63, 3.8) is 0 Å². The summed E-state index contributed by atoms with van der Waals surface area (Å²) in [7, 11) is 0. The van der Waals surface area contributed by atoms with Gasteiger partial charge in [-0.05, 0) is 37.5 Å². The molecule has 5 heteroatoms. The zero-order valence-electron chi connectivity index (χ0n) is 12.2. The van der Waals surface area contributed by atoms with Gasteiger partial charge in [0.15, 0.2) is 5.82 Å². The molecule has 1 aromatic carbocycles. The van der Waals surface area contributed by atoms with Crippen molar-refractivity contribution in [2.24, 2.45) is 5.73 Å². The summed E-state index contributed by atoms with van der Waals surface area (Å²) in [5, 5.41) is 4.17. The average molecular weight is 350 g/mol. The molecule has 1 fully saturated rings. The molecule has 0 atom stereocenters. The van der Waals surface area contributed by atoms with Gasteiger partial charge in [-0.15, -0.1) is 0 Å². The van der Waals surface area contributed by atoms with Crippen molar-refractivity contribution < 1.29 is 4.52 Å². The Bertz CT molecular complexity index is 630. The number of aromatic nitrogens is 2. The van der Waals surface area contributed by atoms with Gasteiger partial charge in [0, 0.05) is 10.0 Å². The Morgan fingerprint density at radius 2 is 1.90 bits per heavy atom. The fourth-order valence-electron chi connectivity index (χ4n) is 2.94. The summed E-state index contributed by atoms with van der Waals surface area (Å²) >= 11 is 3.48. The maximum Gasteiger partial charge on any atom is 0.258 e. The molecule has 0 amide bonds. The molecule has 3 rings (SSSR count). The number of nitrogens with two attached hydrogens (primary N) is 1. The van der Waals surface area contributed by atoms with Crippen molar-refractivity contribution in [1.29, 1.82) is 0 Å². The van der Waals surface area contributed by atoms with Gasteiger partial charge in [-0.2, -0.15) is 4.98 Å². The van der Waals surface area contributed by atoms with Gasteiger partial charge in [0.1, 0.15) is 0 Å². The predicted octanol–water partition coefficient (Wildman–Crippen LogP) is 4.32. The highest BCUT2D eigenvalue weighted by atomic mass is 79.9. The number of hydrogen-bond acceptors (Lipinski definition) is 4. The van der Waals surface area contributed by atoms with E-state index in [0.717, 1.165) is 41.3 Å². The Balaban J connectivity index is 1.94. The predicted molar refractivity (Wildman–Crippen MR) is 85.7 cm³/mol. The molecule has 1 saturated carbocycles. The second kappa shape index (κ2) is 5.89. The van der Waals surface area contributed by atoms with Crippen LogP contribution < -0.4 is 5.73 Å². The van der Waals surface area contributed by atoms with Crippen LogP contribution in [-0.2, 0) is 5.54 Å². The number of rotatable bonds is 2. The van der Waals surface area contributed by atoms with E-state index in [1.807, 2.05) is 25.1 Å². The highest BCUT2D eigenvalue weighted by Crippen LogP contribution is 2.34. The van der Waals surface area contributed by atoms with E-state index in [9.17, 15) is 0 Å². The zero-order chi connectivity index (χ0) is 14.9. The lowest BCUT2D eigenvalue weighted by Gasteiger charge is -2.23. The lowest BCUT2D eigenvalue weighted by molar-refractivity contribution is 0.334. The van der Waals surface area contributed by atoms with E-state index in [1.165, 1.54) is 12.8 Å². The van der Waals surface area contributed by atoms with Crippen molar-refractivity contribution in [3.8, 4) is 11.5 Å². The maximum atomic E-state index is 6.55. The summed E-state index contributed by atoms with van der Waals surface area (Å²) in [5.41, 5.74) is 8.18. The summed E-state index contributed by atoms with van der Waals surface area (Å²) < 4.78 is 6.48. The molecule has 112 valence electrons. The van der Waals surface area contributed by atoms with E-state index in [-0.39, 0.29) is 0 Å². The van der Waals surface area contributed by atoms with Gasteiger partial charge in [-0.3, -0.25) is 0 Å². The van der Waals surface area contributed by atoms with Crippen LogP contribution in [0.5, 0.6) is 0 Å². The summed E-state index contributed by atoms with van der Waals surface area (Å²) in [6, 6.07) is 6.04. The Morgan fingerprint density at radius 3 is 2.62 bits per heavy atom. The van der Waals surface area contributed by atoms with Crippen LogP contribution in [0.4, 0.5) is 0 Å². The fraction of sp³-hybridized carbons (Fsp3) is 0.500. The Kier molecular flexibility index (Phi) is 4.13. The minimum atomic E-state index is -0.432. The molecule has 2 aromatic rings. The molecule has 1 heterocycles. The van der Waals surface area contributed by atoms with Gasteiger partial charge in [0.2, 0.25) is 0 Å². The zero-order valence-corrected chi connectivity index (χ0v) is 13.8. The Morgan fingerprint density at radius 1 is 1.19 bits per heavy atom. The Labute approximate surface area is 133 Å². The summed E-state index contributed by atoms with van der Waals surface area (Å²) in [6.07, 6.45) is 6.63. The summed E-state index contributed by atoms with van der Waals surface area (Å²) in [4.78, 5) is 4.60. The van der Waals surface area contributed by atoms with Crippen LogP contribution in [0.25, 0.3) is 11.5 Å². The number of hydrogen-bond donors (Lipinski definition) is 1. The quantitative estimate of drug-likeness (QED) is 0.820. The standard InChI is InChI=1S/C16H20BrN3O/c1-11-6-7-12(17)10-13(11)14-19-15(20-21-14)16(18)8-4-2-3-5-9-16/h6-7,10H,2-5,8-9,18H2,1H3. The van der Waals surface area contributed by atoms with Crippen LogP contribution in [0, 0.1) is 6.92 Å². The normalized spacial score (nSPS) is 18.4. The molecule has 1 aromatic heterocycles. The van der Waals surface area contributed by atoms with Crippen LogP contribution in [0.3, 0.4) is 0 Å². The highest BCUT2D eigenvalue weighted by Gasteiger charge is 2.33. The molecule has 1 aliphatic rings. The van der Waals surface area contributed by atoms with Crippen molar-refractivity contribution in [1.82, 2.24) is 10.1 Å². The number of halogens is 1. The minimum Gasteiger partial charge on any atom is -0.334 e. The van der Waals surface area contributed by atoms with Crippen LogP contribution >= 0.6 is 15.9 Å². The molecule has 0 aliphatic heterocycles. The van der Waals surface area contributed by atoms with Crippen molar-refractivity contribution >= 4 is 15.9 Å². The first kappa shape index (κ1) is 14.7. The lowest BCUT2D eigenvalue weighted by atomic mass is 9.91. The highest BCUT2D eigenvalue weighted by molar-refractivity contribution is 9.10. The van der Waals surface area contributed by atoms with E-state index in [2.05, 4.69) is 26.1 Å². The number of aryl methyl sites for hydroxylation is 1. The third-order valence-electron chi connectivity index (χ3n) is 4.30. The van der Waals surface area contributed by atoms with Crippen molar-refractivity contribution in [2.45, 2.75) is 51.0 Å². The van der Waals surface area contributed by atoms with Gasteiger partial charge in [0.05, 0.1) is 5.54 Å². The lowest BCUT2D eigenvalue weighted by Crippen LogP contribution is -2.37. The summed E-state index contributed by atoms with van der Waals surface area (Å²) in [5.74, 6) is 1.21. The summed E-state index contributed by atoms with van der Waals surface area (Å²) in [6.45, 7) is 2.04. The molecule has 0 unspecified atom stereocenters. The fourth-order valence-corrected chi connectivity index (χ4v) is 3.30. The van der Waals surface area contributed by atoms with Gasteiger partial charge < -0.3 is 10.3 Å². The van der Waals surface area contributed by atoms with Gasteiger partial charge in [-0.1, -0.05) is 52.8 Å². The third kappa shape index (κ3) is 3.04. The van der Waals surface area contributed by atoms with E-state index >= 15 is 0 Å². The first-order chi connectivity index (χ1) is 10.1.